The van der Waals surface area contributed by atoms with E-state index < -0.39 is 16.6 Å². The van der Waals surface area contributed by atoms with E-state index in [1.807, 2.05) is 11.0 Å². The van der Waals surface area contributed by atoms with Crippen LogP contribution in [0.15, 0.2) is 12.1 Å². The van der Waals surface area contributed by atoms with Gasteiger partial charge < -0.3 is 19.3 Å². The fourth-order valence-corrected chi connectivity index (χ4v) is 2.67. The van der Waals surface area contributed by atoms with Crippen LogP contribution in [0.1, 0.15) is 26.3 Å². The third-order valence-electron chi connectivity index (χ3n) is 3.89. The van der Waals surface area contributed by atoms with Gasteiger partial charge >= 0.3 is 6.09 Å². The molecule has 0 aliphatic carbocycles. The Morgan fingerprint density at radius 2 is 1.88 bits per heavy atom. The molecule has 1 aliphatic heterocycles. The van der Waals surface area contributed by atoms with Gasteiger partial charge in [0.1, 0.15) is 17.4 Å². The number of amides is 1. The van der Waals surface area contributed by atoms with Gasteiger partial charge in [-0.25, -0.2) is 4.79 Å². The summed E-state index contributed by atoms with van der Waals surface area (Å²) in [5.74, 6) is 0.306. The van der Waals surface area contributed by atoms with Crippen LogP contribution in [-0.4, -0.2) is 54.8 Å². The minimum Gasteiger partial charge on any atom is -0.496 e. The Labute approximate surface area is 151 Å². The van der Waals surface area contributed by atoms with Gasteiger partial charge in [-0.1, -0.05) is 0 Å². The summed E-state index contributed by atoms with van der Waals surface area (Å²) in [5, 5.41) is 20.7. The van der Waals surface area contributed by atoms with Crippen LogP contribution in [0.5, 0.6) is 5.75 Å². The SMILES string of the molecule is COc1cc(N2CCN(C(=O)OC(C)(C)C)CC2)c(C#N)c([N+](=O)[O-])c1. The van der Waals surface area contributed by atoms with E-state index >= 15 is 0 Å². The lowest BCUT2D eigenvalue weighted by molar-refractivity contribution is -0.385. The maximum absolute atomic E-state index is 12.1. The van der Waals surface area contributed by atoms with Gasteiger partial charge in [0, 0.05) is 32.2 Å². The molecule has 1 amide bonds. The lowest BCUT2D eigenvalue weighted by atomic mass is 10.1. The summed E-state index contributed by atoms with van der Waals surface area (Å²) in [7, 11) is 1.41. The number of methoxy groups -OCH3 is 1. The fourth-order valence-electron chi connectivity index (χ4n) is 2.67. The monoisotopic (exact) mass is 362 g/mol. The van der Waals surface area contributed by atoms with Crippen molar-refractivity contribution < 1.29 is 19.2 Å². The number of anilines is 1. The van der Waals surface area contributed by atoms with Crippen molar-refractivity contribution in [1.29, 1.82) is 5.26 Å². The summed E-state index contributed by atoms with van der Waals surface area (Å²) in [6, 6.07) is 4.76. The standard InChI is InChI=1S/C17H22N4O5/c1-17(2,3)26-16(22)20-7-5-19(6-8-20)14-9-12(25-4)10-15(21(23)24)13(14)11-18/h9-10H,5-8H2,1-4H3. The van der Waals surface area contributed by atoms with Crippen molar-refractivity contribution in [2.45, 2.75) is 26.4 Å². The highest BCUT2D eigenvalue weighted by Gasteiger charge is 2.29. The Kier molecular flexibility index (Phi) is 5.55. The first-order chi connectivity index (χ1) is 12.2. The predicted octanol–water partition coefficient (Wildman–Crippen LogP) is 2.53. The number of carbonyl (C=O) groups excluding carboxylic acids is 1. The Morgan fingerprint density at radius 3 is 2.35 bits per heavy atom. The molecular formula is C17H22N4O5. The van der Waals surface area contributed by atoms with Gasteiger partial charge in [-0.2, -0.15) is 5.26 Å². The molecule has 1 saturated heterocycles. The van der Waals surface area contributed by atoms with E-state index in [2.05, 4.69) is 0 Å². The van der Waals surface area contributed by atoms with Gasteiger partial charge in [-0.3, -0.25) is 10.1 Å². The van der Waals surface area contributed by atoms with Crippen LogP contribution < -0.4 is 9.64 Å². The molecule has 1 heterocycles. The van der Waals surface area contributed by atoms with Gasteiger partial charge in [0.05, 0.1) is 23.8 Å². The molecule has 2 rings (SSSR count). The highest BCUT2D eigenvalue weighted by atomic mass is 16.6. The van der Waals surface area contributed by atoms with E-state index in [0.29, 0.717) is 37.6 Å². The number of nitrogens with zero attached hydrogens (tertiary/aromatic N) is 4. The van der Waals surface area contributed by atoms with E-state index in [-0.39, 0.29) is 11.3 Å². The molecule has 0 unspecified atom stereocenters. The lowest BCUT2D eigenvalue weighted by Crippen LogP contribution is -2.50. The van der Waals surface area contributed by atoms with Crippen LogP contribution in [0.3, 0.4) is 0 Å². The molecule has 0 bridgehead atoms. The molecule has 1 aromatic rings. The Hall–Kier alpha value is -3.02. The molecule has 0 saturated carbocycles. The molecule has 0 aromatic heterocycles. The largest absolute Gasteiger partial charge is 0.496 e. The van der Waals surface area contributed by atoms with E-state index in [0.717, 1.165) is 0 Å². The molecule has 1 aromatic carbocycles. The van der Waals surface area contributed by atoms with Crippen molar-refractivity contribution >= 4 is 17.5 Å². The normalized spacial score (nSPS) is 14.6. The van der Waals surface area contributed by atoms with Gasteiger partial charge in [0.2, 0.25) is 0 Å². The minimum atomic E-state index is -0.596. The summed E-state index contributed by atoms with van der Waals surface area (Å²) in [6.45, 7) is 7.05. The number of hydrogen-bond donors (Lipinski definition) is 0. The molecule has 140 valence electrons. The molecule has 0 N–H and O–H groups in total. The van der Waals surface area contributed by atoms with Crippen LogP contribution in [0.25, 0.3) is 0 Å². The van der Waals surface area contributed by atoms with E-state index in [1.165, 1.54) is 13.2 Å². The number of nitro benzene ring substituents is 1. The van der Waals surface area contributed by atoms with Gasteiger partial charge in [-0.05, 0) is 20.8 Å². The van der Waals surface area contributed by atoms with E-state index in [9.17, 15) is 20.2 Å². The molecular weight excluding hydrogens is 340 g/mol. The zero-order valence-corrected chi connectivity index (χ0v) is 15.3. The zero-order valence-electron chi connectivity index (χ0n) is 15.3. The Morgan fingerprint density at radius 1 is 1.27 bits per heavy atom. The van der Waals surface area contributed by atoms with E-state index in [1.54, 1.807) is 31.7 Å². The number of carbonyl (C=O) groups is 1. The molecule has 0 atom stereocenters. The molecule has 1 aliphatic rings. The smallest absolute Gasteiger partial charge is 0.410 e. The zero-order chi connectivity index (χ0) is 19.5. The third kappa shape index (κ3) is 4.33. The van der Waals surface area contributed by atoms with Gasteiger partial charge in [0.15, 0.2) is 5.56 Å². The lowest BCUT2D eigenvalue weighted by Gasteiger charge is -2.37. The molecule has 26 heavy (non-hydrogen) atoms. The van der Waals surface area contributed by atoms with Crippen molar-refractivity contribution in [3.8, 4) is 11.8 Å². The number of piperazine rings is 1. The van der Waals surface area contributed by atoms with Crippen LogP contribution in [0, 0.1) is 21.4 Å². The topological polar surface area (TPSA) is 109 Å². The van der Waals surface area contributed by atoms with Gasteiger partial charge in [0.25, 0.3) is 5.69 Å². The molecule has 0 radical (unpaired) electrons. The summed E-state index contributed by atoms with van der Waals surface area (Å²) >= 11 is 0. The molecule has 0 spiro atoms. The molecule has 1 fully saturated rings. The first-order valence-electron chi connectivity index (χ1n) is 8.15. The Balaban J connectivity index is 2.21. The van der Waals surface area contributed by atoms with Crippen LogP contribution in [-0.2, 0) is 4.74 Å². The predicted molar refractivity (Wildman–Crippen MR) is 94.4 cm³/mol. The number of hydrogen-bond acceptors (Lipinski definition) is 7. The summed E-state index contributed by atoms with van der Waals surface area (Å²) in [6.07, 6.45) is -0.394. The van der Waals surface area contributed by atoms with Crippen LogP contribution >= 0.6 is 0 Å². The van der Waals surface area contributed by atoms with Crippen molar-refractivity contribution in [2.24, 2.45) is 0 Å². The summed E-state index contributed by atoms with van der Waals surface area (Å²) in [5.41, 5.74) is -0.449. The van der Waals surface area contributed by atoms with Gasteiger partial charge in [-0.15, -0.1) is 0 Å². The second-order valence-electron chi connectivity index (χ2n) is 6.86. The van der Waals surface area contributed by atoms with E-state index in [4.69, 9.17) is 9.47 Å². The summed E-state index contributed by atoms with van der Waals surface area (Å²) < 4.78 is 10.5. The average Bonchev–Trinajstić information content (AvgIpc) is 2.59. The number of rotatable bonds is 3. The van der Waals surface area contributed by atoms with Crippen molar-refractivity contribution in [2.75, 3.05) is 38.2 Å². The molecule has 9 nitrogen and oxygen atoms in total. The fraction of sp³-hybridized carbons (Fsp3) is 0.529. The van der Waals surface area contributed by atoms with Crippen molar-refractivity contribution in [1.82, 2.24) is 4.90 Å². The van der Waals surface area contributed by atoms with Crippen molar-refractivity contribution in [3.63, 3.8) is 0 Å². The number of nitriles is 1. The highest BCUT2D eigenvalue weighted by molar-refractivity contribution is 5.72. The number of benzene rings is 1. The first kappa shape index (κ1) is 19.3. The summed E-state index contributed by atoms with van der Waals surface area (Å²) in [4.78, 5) is 26.2. The highest BCUT2D eigenvalue weighted by Crippen LogP contribution is 2.34. The quantitative estimate of drug-likeness (QED) is 0.600. The van der Waals surface area contributed by atoms with Crippen LogP contribution in [0.4, 0.5) is 16.2 Å². The number of nitro groups is 1. The second-order valence-corrected chi connectivity index (χ2v) is 6.86. The first-order valence-corrected chi connectivity index (χ1v) is 8.15. The number of ether oxygens (including phenoxy) is 2. The average molecular weight is 362 g/mol. The van der Waals surface area contributed by atoms with Crippen LogP contribution in [0.2, 0.25) is 0 Å². The van der Waals surface area contributed by atoms with Crippen molar-refractivity contribution in [3.05, 3.63) is 27.8 Å². The third-order valence-corrected chi connectivity index (χ3v) is 3.89. The second kappa shape index (κ2) is 7.47. The maximum Gasteiger partial charge on any atom is 0.410 e. The molecule has 9 heteroatoms. The maximum atomic E-state index is 12.1. The Bertz CT molecular complexity index is 743. The minimum absolute atomic E-state index is 0.0125.